The number of nitrogens with zero attached hydrogens (tertiary/aromatic N) is 1. The number of rotatable bonds is 3. The number of aromatic amines is 1. The molecule has 1 unspecified atom stereocenters. The Morgan fingerprint density at radius 3 is 2.63 bits per heavy atom. The van der Waals surface area contributed by atoms with Gasteiger partial charge in [0.15, 0.2) is 0 Å². The number of H-pyrrole nitrogens is 1. The summed E-state index contributed by atoms with van der Waals surface area (Å²) in [7, 11) is 0. The Bertz CT molecular complexity index is 678. The molecule has 0 amide bonds. The van der Waals surface area contributed by atoms with E-state index in [4.69, 9.17) is 11.6 Å². The van der Waals surface area contributed by atoms with Crippen LogP contribution in [0.4, 0.5) is 0 Å². The highest BCUT2D eigenvalue weighted by Gasteiger charge is 2.19. The van der Waals surface area contributed by atoms with E-state index in [2.05, 4.69) is 10.2 Å². The number of aromatic nitrogens is 2. The van der Waals surface area contributed by atoms with Crippen LogP contribution in [0.2, 0.25) is 4.34 Å². The van der Waals surface area contributed by atoms with Gasteiger partial charge in [0.25, 0.3) is 0 Å². The average Bonchev–Trinajstić information content (AvgIpc) is 3.07. The molecule has 0 radical (unpaired) electrons. The van der Waals surface area contributed by atoms with Gasteiger partial charge in [-0.3, -0.25) is 5.10 Å². The fraction of sp³-hybridized carbons (Fsp3) is 0.0714. The van der Waals surface area contributed by atoms with E-state index in [1.54, 1.807) is 12.3 Å². The molecule has 3 aromatic rings. The van der Waals surface area contributed by atoms with Crippen molar-refractivity contribution < 1.29 is 5.11 Å². The Morgan fingerprint density at radius 2 is 1.95 bits per heavy atom. The zero-order valence-corrected chi connectivity index (χ0v) is 11.4. The Kier molecular flexibility index (Phi) is 3.38. The zero-order chi connectivity index (χ0) is 13.2. The molecule has 3 rings (SSSR count). The van der Waals surface area contributed by atoms with Crippen LogP contribution in [0.25, 0.3) is 11.3 Å². The van der Waals surface area contributed by atoms with Crippen LogP contribution >= 0.6 is 22.9 Å². The summed E-state index contributed by atoms with van der Waals surface area (Å²) in [6, 6.07) is 13.4. The predicted octanol–water partition coefficient (Wildman–Crippen LogP) is 3.87. The molecule has 0 aliphatic carbocycles. The number of hydrogen-bond acceptors (Lipinski definition) is 3. The summed E-state index contributed by atoms with van der Waals surface area (Å²) in [5.41, 5.74) is 2.58. The van der Waals surface area contributed by atoms with Crippen LogP contribution in [0.1, 0.15) is 16.5 Å². The van der Waals surface area contributed by atoms with Crippen LogP contribution in [0.3, 0.4) is 0 Å². The first kappa shape index (κ1) is 12.4. The Balaban J connectivity index is 2.01. The van der Waals surface area contributed by atoms with Crippen LogP contribution in [0, 0.1) is 0 Å². The molecule has 0 saturated heterocycles. The minimum absolute atomic E-state index is 0.666. The van der Waals surface area contributed by atoms with Gasteiger partial charge >= 0.3 is 0 Å². The monoisotopic (exact) mass is 290 g/mol. The molecule has 1 atom stereocenters. The van der Waals surface area contributed by atoms with Crippen LogP contribution < -0.4 is 0 Å². The number of halogens is 1. The van der Waals surface area contributed by atoms with Crippen molar-refractivity contribution in [1.82, 2.24) is 10.2 Å². The number of benzene rings is 1. The number of nitrogens with one attached hydrogen (secondary N) is 1. The van der Waals surface area contributed by atoms with Crippen LogP contribution in [-0.2, 0) is 0 Å². The van der Waals surface area contributed by atoms with Crippen LogP contribution in [0.15, 0.2) is 48.7 Å². The fourth-order valence-corrected chi connectivity index (χ4v) is 3.03. The van der Waals surface area contributed by atoms with Gasteiger partial charge in [-0.25, -0.2) is 0 Å². The smallest absolute Gasteiger partial charge is 0.117 e. The number of hydrogen-bond donors (Lipinski definition) is 2. The number of aliphatic hydroxyl groups excluding tert-OH is 1. The van der Waals surface area contributed by atoms with Gasteiger partial charge < -0.3 is 5.11 Å². The second-order valence-corrected chi connectivity index (χ2v) is 5.86. The average molecular weight is 291 g/mol. The largest absolute Gasteiger partial charge is 0.383 e. The van der Waals surface area contributed by atoms with Crippen molar-refractivity contribution in [3.8, 4) is 11.3 Å². The first-order valence-electron chi connectivity index (χ1n) is 5.77. The number of aliphatic hydroxyl groups is 1. The van der Waals surface area contributed by atoms with Gasteiger partial charge in [0.1, 0.15) is 6.10 Å². The van der Waals surface area contributed by atoms with E-state index in [-0.39, 0.29) is 0 Å². The SMILES string of the molecule is OC(c1ccc(Cl)s1)c1cn[nH]c1-c1ccccc1. The first-order chi connectivity index (χ1) is 9.25. The predicted molar refractivity (Wildman–Crippen MR) is 77.4 cm³/mol. The van der Waals surface area contributed by atoms with Crippen molar-refractivity contribution in [1.29, 1.82) is 0 Å². The van der Waals surface area contributed by atoms with E-state index >= 15 is 0 Å². The number of thiophene rings is 1. The van der Waals surface area contributed by atoms with E-state index in [0.29, 0.717) is 4.34 Å². The maximum atomic E-state index is 10.4. The third-order valence-electron chi connectivity index (χ3n) is 2.89. The molecule has 19 heavy (non-hydrogen) atoms. The summed E-state index contributed by atoms with van der Waals surface area (Å²) >= 11 is 7.28. The van der Waals surface area contributed by atoms with E-state index in [1.165, 1.54) is 11.3 Å². The van der Waals surface area contributed by atoms with Crippen molar-refractivity contribution in [3.63, 3.8) is 0 Å². The molecular weight excluding hydrogens is 280 g/mol. The summed E-state index contributed by atoms with van der Waals surface area (Å²) in [5.74, 6) is 0. The fourth-order valence-electron chi connectivity index (χ4n) is 1.97. The van der Waals surface area contributed by atoms with Crippen LogP contribution in [0.5, 0.6) is 0 Å². The Labute approximate surface area is 119 Å². The second kappa shape index (κ2) is 5.17. The molecule has 96 valence electrons. The lowest BCUT2D eigenvalue weighted by atomic mass is 10.0. The third kappa shape index (κ3) is 2.42. The molecule has 0 fully saturated rings. The maximum Gasteiger partial charge on any atom is 0.117 e. The minimum atomic E-state index is -0.716. The van der Waals surface area contributed by atoms with Gasteiger partial charge in [-0.1, -0.05) is 41.9 Å². The highest BCUT2D eigenvalue weighted by Crippen LogP contribution is 2.34. The standard InChI is InChI=1S/C14H11ClN2OS/c15-12-7-6-11(19-12)14(18)10-8-16-17-13(10)9-4-2-1-3-5-9/h1-8,14,18H,(H,16,17). The Hall–Kier alpha value is -1.62. The molecule has 0 saturated carbocycles. The van der Waals surface area contributed by atoms with E-state index < -0.39 is 6.10 Å². The molecule has 2 aromatic heterocycles. The van der Waals surface area contributed by atoms with Crippen molar-refractivity contribution >= 4 is 22.9 Å². The van der Waals surface area contributed by atoms with Gasteiger partial charge in [-0.05, 0) is 17.7 Å². The first-order valence-corrected chi connectivity index (χ1v) is 6.97. The maximum absolute atomic E-state index is 10.4. The van der Waals surface area contributed by atoms with Crippen LogP contribution in [-0.4, -0.2) is 15.3 Å². The lowest BCUT2D eigenvalue weighted by Gasteiger charge is -2.09. The van der Waals surface area contributed by atoms with Gasteiger partial charge in [0.2, 0.25) is 0 Å². The third-order valence-corrected chi connectivity index (χ3v) is 4.17. The van der Waals surface area contributed by atoms with E-state index in [1.807, 2.05) is 36.4 Å². The summed E-state index contributed by atoms with van der Waals surface area (Å²) < 4.78 is 0.666. The molecule has 2 N–H and O–H groups in total. The van der Waals surface area contributed by atoms with Gasteiger partial charge in [-0.15, -0.1) is 11.3 Å². The van der Waals surface area contributed by atoms with Gasteiger partial charge in [-0.2, -0.15) is 5.10 Å². The van der Waals surface area contributed by atoms with Crippen molar-refractivity contribution in [2.45, 2.75) is 6.10 Å². The minimum Gasteiger partial charge on any atom is -0.383 e. The molecule has 2 heterocycles. The summed E-state index contributed by atoms with van der Waals surface area (Å²) in [4.78, 5) is 0.809. The molecule has 3 nitrogen and oxygen atoms in total. The molecule has 0 aliphatic rings. The molecule has 0 spiro atoms. The van der Waals surface area contributed by atoms with Crippen molar-refractivity contribution in [3.05, 3.63) is 63.4 Å². The highest BCUT2D eigenvalue weighted by molar-refractivity contribution is 7.16. The quantitative estimate of drug-likeness (QED) is 0.769. The summed E-state index contributed by atoms with van der Waals surface area (Å²) in [5, 5.41) is 17.4. The van der Waals surface area contributed by atoms with Gasteiger partial charge in [0.05, 0.1) is 16.2 Å². The normalized spacial score (nSPS) is 12.5. The lowest BCUT2D eigenvalue weighted by Crippen LogP contribution is -1.97. The Morgan fingerprint density at radius 1 is 1.16 bits per heavy atom. The molecular formula is C14H11ClN2OS. The molecule has 0 bridgehead atoms. The van der Waals surface area contributed by atoms with E-state index in [0.717, 1.165) is 21.7 Å². The van der Waals surface area contributed by atoms with Gasteiger partial charge in [0, 0.05) is 10.4 Å². The molecule has 1 aromatic carbocycles. The summed E-state index contributed by atoms with van der Waals surface area (Å²) in [6.45, 7) is 0. The van der Waals surface area contributed by atoms with Crippen molar-refractivity contribution in [2.75, 3.05) is 0 Å². The lowest BCUT2D eigenvalue weighted by molar-refractivity contribution is 0.225. The topological polar surface area (TPSA) is 48.9 Å². The molecule has 0 aliphatic heterocycles. The highest BCUT2D eigenvalue weighted by atomic mass is 35.5. The summed E-state index contributed by atoms with van der Waals surface area (Å²) in [6.07, 6.45) is 0.937. The van der Waals surface area contributed by atoms with Crippen molar-refractivity contribution in [2.24, 2.45) is 0 Å². The molecule has 5 heteroatoms. The zero-order valence-electron chi connectivity index (χ0n) is 9.88. The second-order valence-electron chi connectivity index (χ2n) is 4.11. The van der Waals surface area contributed by atoms with E-state index in [9.17, 15) is 5.11 Å².